The van der Waals surface area contributed by atoms with Crippen molar-refractivity contribution in [1.82, 2.24) is 19.9 Å². The molecular weight excluding hydrogens is 285 g/mol. The molecule has 0 radical (unpaired) electrons. The molecule has 0 bridgehead atoms. The zero-order chi connectivity index (χ0) is 15.5. The quantitative estimate of drug-likeness (QED) is 0.836. The third-order valence-corrected chi connectivity index (χ3v) is 3.67. The molecule has 2 aromatic rings. The number of amides is 1. The minimum Gasteiger partial charge on any atom is -0.337 e. The van der Waals surface area contributed by atoms with Crippen molar-refractivity contribution in [3.63, 3.8) is 0 Å². The van der Waals surface area contributed by atoms with Crippen LogP contribution in [0.2, 0.25) is 0 Å². The van der Waals surface area contributed by atoms with Crippen LogP contribution in [0, 0.1) is 12.7 Å². The number of aryl methyl sites for hydroxylation is 1. The van der Waals surface area contributed by atoms with E-state index in [-0.39, 0.29) is 11.6 Å². The molecule has 1 saturated heterocycles. The zero-order valence-electron chi connectivity index (χ0n) is 12.2. The smallest absolute Gasteiger partial charge is 0.272 e. The average Bonchev–Trinajstić information content (AvgIpc) is 2.58. The lowest BCUT2D eigenvalue weighted by atomic mass is 10.2. The molecule has 0 aromatic carbocycles. The van der Waals surface area contributed by atoms with E-state index in [0.29, 0.717) is 37.7 Å². The topological polar surface area (TPSA) is 62.2 Å². The maximum Gasteiger partial charge on any atom is 0.272 e. The lowest BCUT2D eigenvalue weighted by Gasteiger charge is -2.34. The molecule has 1 amide bonds. The molecule has 0 atom stereocenters. The third kappa shape index (κ3) is 2.88. The van der Waals surface area contributed by atoms with Crippen LogP contribution in [0.1, 0.15) is 16.1 Å². The lowest BCUT2D eigenvalue weighted by molar-refractivity contribution is 0.0740. The molecule has 0 N–H and O–H groups in total. The van der Waals surface area contributed by atoms with Crippen LogP contribution in [0.5, 0.6) is 0 Å². The maximum absolute atomic E-state index is 13.2. The number of piperazine rings is 1. The van der Waals surface area contributed by atoms with E-state index >= 15 is 0 Å². The van der Waals surface area contributed by atoms with E-state index in [1.165, 1.54) is 6.07 Å². The van der Waals surface area contributed by atoms with Crippen LogP contribution < -0.4 is 4.90 Å². The van der Waals surface area contributed by atoms with Gasteiger partial charge >= 0.3 is 0 Å². The fourth-order valence-corrected chi connectivity index (χ4v) is 2.38. The number of carbonyl (C=O) groups excluding carboxylic acids is 1. The van der Waals surface area contributed by atoms with Crippen molar-refractivity contribution in [3.05, 3.63) is 47.8 Å². The van der Waals surface area contributed by atoms with Crippen molar-refractivity contribution >= 4 is 11.9 Å². The van der Waals surface area contributed by atoms with Gasteiger partial charge in [0.05, 0.1) is 6.20 Å². The van der Waals surface area contributed by atoms with E-state index in [0.717, 1.165) is 6.20 Å². The molecule has 22 heavy (non-hydrogen) atoms. The van der Waals surface area contributed by atoms with Crippen LogP contribution in [0.25, 0.3) is 0 Å². The molecule has 0 spiro atoms. The molecule has 1 fully saturated rings. The van der Waals surface area contributed by atoms with Gasteiger partial charge < -0.3 is 9.80 Å². The summed E-state index contributed by atoms with van der Waals surface area (Å²) in [4.78, 5) is 28.5. The fraction of sp³-hybridized carbons (Fsp3) is 0.333. The maximum atomic E-state index is 13.2. The molecule has 1 aliphatic rings. The van der Waals surface area contributed by atoms with Crippen LogP contribution in [-0.2, 0) is 0 Å². The summed E-state index contributed by atoms with van der Waals surface area (Å²) in [5, 5.41) is 0. The Balaban J connectivity index is 1.66. The fourth-order valence-electron chi connectivity index (χ4n) is 2.38. The standard InChI is InChI=1S/C15H16FN5O/c1-11-9-13(19-10-12(11)16)14(22)20-5-7-21(8-6-20)15-17-3-2-4-18-15/h2-4,9-10H,5-8H2,1H3. The number of nitrogens with zero attached hydrogens (tertiary/aromatic N) is 5. The number of hydrogen-bond acceptors (Lipinski definition) is 5. The monoisotopic (exact) mass is 301 g/mol. The van der Waals surface area contributed by atoms with Crippen LogP contribution >= 0.6 is 0 Å². The summed E-state index contributed by atoms with van der Waals surface area (Å²) < 4.78 is 13.2. The normalized spacial score (nSPS) is 15.0. The Kier molecular flexibility index (Phi) is 3.95. The second kappa shape index (κ2) is 6.05. The average molecular weight is 301 g/mol. The minimum atomic E-state index is -0.400. The highest BCUT2D eigenvalue weighted by atomic mass is 19.1. The highest BCUT2D eigenvalue weighted by Gasteiger charge is 2.24. The second-order valence-corrected chi connectivity index (χ2v) is 5.15. The first-order valence-electron chi connectivity index (χ1n) is 7.08. The zero-order valence-corrected chi connectivity index (χ0v) is 12.2. The molecule has 3 heterocycles. The molecule has 7 heteroatoms. The van der Waals surface area contributed by atoms with E-state index in [4.69, 9.17) is 0 Å². The van der Waals surface area contributed by atoms with Crippen molar-refractivity contribution in [2.24, 2.45) is 0 Å². The summed E-state index contributed by atoms with van der Waals surface area (Å²) in [7, 11) is 0. The minimum absolute atomic E-state index is 0.170. The van der Waals surface area contributed by atoms with Gasteiger partial charge in [-0.3, -0.25) is 4.79 Å². The lowest BCUT2D eigenvalue weighted by Crippen LogP contribution is -2.49. The van der Waals surface area contributed by atoms with Gasteiger partial charge in [-0.05, 0) is 24.6 Å². The summed E-state index contributed by atoms with van der Waals surface area (Å²) in [5.41, 5.74) is 0.706. The van der Waals surface area contributed by atoms with E-state index < -0.39 is 5.82 Å². The molecule has 1 aliphatic heterocycles. The summed E-state index contributed by atoms with van der Waals surface area (Å²) in [5.74, 6) is 0.102. The first-order chi connectivity index (χ1) is 10.6. The van der Waals surface area contributed by atoms with Gasteiger partial charge in [0.2, 0.25) is 5.95 Å². The molecular formula is C15H16FN5O. The predicted molar refractivity (Wildman–Crippen MR) is 79.1 cm³/mol. The second-order valence-electron chi connectivity index (χ2n) is 5.15. The van der Waals surface area contributed by atoms with Crippen molar-refractivity contribution < 1.29 is 9.18 Å². The van der Waals surface area contributed by atoms with E-state index in [2.05, 4.69) is 15.0 Å². The molecule has 114 valence electrons. The SMILES string of the molecule is Cc1cc(C(=O)N2CCN(c3ncccn3)CC2)ncc1F. The van der Waals surface area contributed by atoms with Crippen LogP contribution in [-0.4, -0.2) is 51.9 Å². The Labute approximate surface area is 127 Å². The molecule has 6 nitrogen and oxygen atoms in total. The summed E-state index contributed by atoms with van der Waals surface area (Å²) in [6.07, 6.45) is 4.49. The highest BCUT2D eigenvalue weighted by molar-refractivity contribution is 5.92. The number of hydrogen-bond donors (Lipinski definition) is 0. The summed E-state index contributed by atoms with van der Waals surface area (Å²) >= 11 is 0. The van der Waals surface area contributed by atoms with Gasteiger partial charge in [0, 0.05) is 38.6 Å². The van der Waals surface area contributed by atoms with Crippen molar-refractivity contribution in [3.8, 4) is 0 Å². The highest BCUT2D eigenvalue weighted by Crippen LogP contribution is 2.13. The van der Waals surface area contributed by atoms with Gasteiger partial charge in [-0.2, -0.15) is 0 Å². The molecule has 3 rings (SSSR count). The Bertz CT molecular complexity index is 671. The van der Waals surface area contributed by atoms with Crippen LogP contribution in [0.15, 0.2) is 30.7 Å². The molecule has 0 saturated carbocycles. The summed E-state index contributed by atoms with van der Waals surface area (Å²) in [6.45, 7) is 4.08. The number of pyridine rings is 1. The van der Waals surface area contributed by atoms with Gasteiger partial charge in [-0.1, -0.05) is 0 Å². The predicted octanol–water partition coefficient (Wildman–Crippen LogP) is 1.28. The Morgan fingerprint density at radius 3 is 2.45 bits per heavy atom. The first kappa shape index (κ1) is 14.4. The van der Waals surface area contributed by atoms with Gasteiger partial charge in [0.15, 0.2) is 0 Å². The van der Waals surface area contributed by atoms with Crippen molar-refractivity contribution in [2.45, 2.75) is 6.92 Å². The Morgan fingerprint density at radius 2 is 1.82 bits per heavy atom. The molecule has 0 aliphatic carbocycles. The van der Waals surface area contributed by atoms with Crippen LogP contribution in [0.3, 0.4) is 0 Å². The Hall–Kier alpha value is -2.57. The number of halogens is 1. The first-order valence-corrected chi connectivity index (χ1v) is 7.08. The molecule has 0 unspecified atom stereocenters. The van der Waals surface area contributed by atoms with Gasteiger partial charge in [0.1, 0.15) is 11.5 Å². The number of anilines is 1. The number of carbonyl (C=O) groups is 1. The van der Waals surface area contributed by atoms with Gasteiger partial charge in [-0.15, -0.1) is 0 Å². The van der Waals surface area contributed by atoms with Crippen LogP contribution in [0.4, 0.5) is 10.3 Å². The molecule has 2 aromatic heterocycles. The largest absolute Gasteiger partial charge is 0.337 e. The van der Waals surface area contributed by atoms with E-state index in [1.807, 2.05) is 4.90 Å². The summed E-state index contributed by atoms with van der Waals surface area (Å²) in [6, 6.07) is 3.26. The van der Waals surface area contributed by atoms with E-state index in [9.17, 15) is 9.18 Å². The van der Waals surface area contributed by atoms with E-state index in [1.54, 1.807) is 30.3 Å². The Morgan fingerprint density at radius 1 is 1.14 bits per heavy atom. The third-order valence-electron chi connectivity index (χ3n) is 3.67. The van der Waals surface area contributed by atoms with Gasteiger partial charge in [-0.25, -0.2) is 19.3 Å². The number of rotatable bonds is 2. The number of aromatic nitrogens is 3. The van der Waals surface area contributed by atoms with Gasteiger partial charge in [0.25, 0.3) is 5.91 Å². The van der Waals surface area contributed by atoms with Crippen molar-refractivity contribution in [2.75, 3.05) is 31.1 Å². The van der Waals surface area contributed by atoms with Crippen molar-refractivity contribution in [1.29, 1.82) is 0 Å².